The zero-order chi connectivity index (χ0) is 18.4. The topological polar surface area (TPSA) is 69.7 Å². The lowest BCUT2D eigenvalue weighted by Crippen LogP contribution is -2.20. The molecule has 6 nitrogen and oxygen atoms in total. The lowest BCUT2D eigenvalue weighted by molar-refractivity contribution is -0.117. The van der Waals surface area contributed by atoms with Gasteiger partial charge in [0.2, 0.25) is 5.91 Å². The fourth-order valence-electron chi connectivity index (χ4n) is 2.80. The summed E-state index contributed by atoms with van der Waals surface area (Å²) in [6, 6.07) is 8.43. The minimum absolute atomic E-state index is 0.0308. The van der Waals surface area contributed by atoms with Crippen LogP contribution in [0.5, 0.6) is 0 Å². The van der Waals surface area contributed by atoms with E-state index >= 15 is 0 Å². The molecule has 1 heterocycles. The normalized spacial score (nSPS) is 13.8. The van der Waals surface area contributed by atoms with Crippen molar-refractivity contribution in [2.24, 2.45) is 0 Å². The third kappa shape index (κ3) is 3.17. The molecule has 8 heteroatoms. The van der Waals surface area contributed by atoms with Gasteiger partial charge in [0, 0.05) is 32.9 Å². The van der Waals surface area contributed by atoms with Gasteiger partial charge in [-0.2, -0.15) is 0 Å². The second-order valence-corrected chi connectivity index (χ2v) is 7.76. The number of likely N-dealkylation sites (N-methyl/N-ethyl adjacent to an activating group) is 1. The van der Waals surface area contributed by atoms with Crippen LogP contribution in [0, 0.1) is 5.82 Å². The van der Waals surface area contributed by atoms with E-state index in [1.807, 2.05) is 0 Å². The lowest BCUT2D eigenvalue weighted by Gasteiger charge is -2.19. The summed E-state index contributed by atoms with van der Waals surface area (Å²) in [4.78, 5) is 15.0. The van der Waals surface area contributed by atoms with Crippen molar-refractivity contribution in [2.45, 2.75) is 11.3 Å². The fourth-order valence-corrected chi connectivity index (χ4v) is 3.91. The van der Waals surface area contributed by atoms with Crippen LogP contribution in [0.1, 0.15) is 5.56 Å². The van der Waals surface area contributed by atoms with E-state index < -0.39 is 15.8 Å². The van der Waals surface area contributed by atoms with Crippen LogP contribution in [-0.2, 0) is 21.2 Å². The summed E-state index contributed by atoms with van der Waals surface area (Å²) in [6.45, 7) is 0. The van der Waals surface area contributed by atoms with Gasteiger partial charge in [-0.3, -0.25) is 9.52 Å². The van der Waals surface area contributed by atoms with Crippen molar-refractivity contribution in [3.05, 3.63) is 47.8 Å². The number of hydrogen-bond donors (Lipinski definition) is 1. The monoisotopic (exact) mass is 363 g/mol. The van der Waals surface area contributed by atoms with Gasteiger partial charge in [0.25, 0.3) is 10.0 Å². The molecule has 0 radical (unpaired) electrons. The molecule has 0 aliphatic carbocycles. The Balaban J connectivity index is 1.98. The first-order valence-corrected chi connectivity index (χ1v) is 9.06. The van der Waals surface area contributed by atoms with Crippen LogP contribution in [0.3, 0.4) is 0 Å². The largest absolute Gasteiger partial charge is 0.376 e. The second kappa shape index (κ2) is 6.03. The molecule has 132 valence electrons. The summed E-state index contributed by atoms with van der Waals surface area (Å²) in [5.74, 6) is -0.623. The zero-order valence-corrected chi connectivity index (χ0v) is 14.9. The summed E-state index contributed by atoms with van der Waals surface area (Å²) in [5, 5.41) is 0. The van der Waals surface area contributed by atoms with Gasteiger partial charge in [0.15, 0.2) is 0 Å². The third-order valence-electron chi connectivity index (χ3n) is 4.12. The van der Waals surface area contributed by atoms with Gasteiger partial charge in [0.1, 0.15) is 5.82 Å². The molecule has 0 unspecified atom stereocenters. The molecule has 0 saturated carbocycles. The van der Waals surface area contributed by atoms with E-state index in [-0.39, 0.29) is 22.9 Å². The number of amides is 1. The van der Waals surface area contributed by atoms with Crippen LogP contribution < -0.4 is 14.5 Å². The second-order valence-electron chi connectivity index (χ2n) is 6.08. The Kier molecular flexibility index (Phi) is 4.16. The number of carbonyl (C=O) groups is 1. The molecule has 0 spiro atoms. The lowest BCUT2D eigenvalue weighted by atomic mass is 10.2. The Morgan fingerprint density at radius 1 is 1.16 bits per heavy atom. The minimum Gasteiger partial charge on any atom is -0.376 e. The third-order valence-corrected chi connectivity index (χ3v) is 5.49. The summed E-state index contributed by atoms with van der Waals surface area (Å²) in [6.07, 6.45) is 0.165. The summed E-state index contributed by atoms with van der Waals surface area (Å²) in [5.41, 5.74) is 2.05. The van der Waals surface area contributed by atoms with Crippen LogP contribution in [0.4, 0.5) is 21.5 Å². The van der Waals surface area contributed by atoms with Crippen molar-refractivity contribution >= 4 is 33.0 Å². The van der Waals surface area contributed by atoms with Gasteiger partial charge >= 0.3 is 0 Å². The quantitative estimate of drug-likeness (QED) is 0.904. The zero-order valence-electron chi connectivity index (χ0n) is 14.1. The van der Waals surface area contributed by atoms with Crippen molar-refractivity contribution in [3.8, 4) is 0 Å². The maximum Gasteiger partial charge on any atom is 0.261 e. The Bertz CT molecular complexity index is 958. The molecule has 1 aliphatic heterocycles. The average Bonchev–Trinajstić information content (AvgIpc) is 2.81. The first-order valence-electron chi connectivity index (χ1n) is 7.58. The fraction of sp³-hybridized carbons (Fsp3) is 0.235. The molecule has 0 atom stereocenters. The highest BCUT2D eigenvalue weighted by atomic mass is 32.2. The predicted molar refractivity (Wildman–Crippen MR) is 95.1 cm³/mol. The van der Waals surface area contributed by atoms with Crippen LogP contribution in [0.25, 0.3) is 0 Å². The molecule has 1 N–H and O–H groups in total. The van der Waals surface area contributed by atoms with Gasteiger partial charge in [-0.15, -0.1) is 0 Å². The highest BCUT2D eigenvalue weighted by Crippen LogP contribution is 2.32. The van der Waals surface area contributed by atoms with Gasteiger partial charge in [-0.1, -0.05) is 0 Å². The molecule has 0 saturated heterocycles. The highest BCUT2D eigenvalue weighted by molar-refractivity contribution is 7.92. The minimum atomic E-state index is -3.92. The van der Waals surface area contributed by atoms with E-state index in [1.54, 1.807) is 32.1 Å². The van der Waals surface area contributed by atoms with Crippen LogP contribution >= 0.6 is 0 Å². The van der Waals surface area contributed by atoms with E-state index in [1.165, 1.54) is 29.2 Å². The van der Waals surface area contributed by atoms with Gasteiger partial charge < -0.3 is 9.80 Å². The molecular weight excluding hydrogens is 345 g/mol. The number of nitrogens with zero attached hydrogens (tertiary/aromatic N) is 2. The number of nitrogens with one attached hydrogen (secondary N) is 1. The summed E-state index contributed by atoms with van der Waals surface area (Å²) in [7, 11) is 1.21. The van der Waals surface area contributed by atoms with Crippen molar-refractivity contribution < 1.29 is 17.6 Å². The van der Waals surface area contributed by atoms with E-state index in [2.05, 4.69) is 4.72 Å². The molecule has 0 bridgehead atoms. The van der Waals surface area contributed by atoms with Crippen molar-refractivity contribution in [3.63, 3.8) is 0 Å². The standard InChI is InChI=1S/C17H18FN3O3S/c1-20(2)16-6-4-12(18)10-14(16)19-25(23,24)13-5-7-15-11(8-13)9-17(22)21(15)3/h4-8,10,19H,9H2,1-3H3. The Morgan fingerprint density at radius 2 is 1.88 bits per heavy atom. The molecule has 0 aromatic heterocycles. The Labute approximate surface area is 145 Å². The van der Waals surface area contributed by atoms with E-state index in [0.29, 0.717) is 16.9 Å². The first kappa shape index (κ1) is 17.2. The number of sulfonamides is 1. The summed E-state index contributed by atoms with van der Waals surface area (Å²) < 4.78 is 41.4. The summed E-state index contributed by atoms with van der Waals surface area (Å²) >= 11 is 0. The Morgan fingerprint density at radius 3 is 2.56 bits per heavy atom. The van der Waals surface area contributed by atoms with E-state index in [4.69, 9.17) is 0 Å². The predicted octanol–water partition coefficient (Wildman–Crippen LogP) is 2.21. The van der Waals surface area contributed by atoms with Crippen molar-refractivity contribution in [1.82, 2.24) is 0 Å². The van der Waals surface area contributed by atoms with Crippen LogP contribution in [0.2, 0.25) is 0 Å². The number of halogens is 1. The van der Waals surface area contributed by atoms with Crippen LogP contribution in [0.15, 0.2) is 41.3 Å². The number of benzene rings is 2. The van der Waals surface area contributed by atoms with Crippen molar-refractivity contribution in [2.75, 3.05) is 35.7 Å². The molecule has 2 aromatic carbocycles. The van der Waals surface area contributed by atoms with E-state index in [9.17, 15) is 17.6 Å². The number of hydrogen-bond acceptors (Lipinski definition) is 4. The Hall–Kier alpha value is -2.61. The maximum atomic E-state index is 13.6. The molecule has 25 heavy (non-hydrogen) atoms. The molecule has 1 amide bonds. The van der Waals surface area contributed by atoms with Gasteiger partial charge in [-0.25, -0.2) is 12.8 Å². The van der Waals surface area contributed by atoms with Crippen LogP contribution in [-0.4, -0.2) is 35.5 Å². The number of fused-ring (bicyclic) bond motifs is 1. The van der Waals surface area contributed by atoms with Gasteiger partial charge in [0.05, 0.1) is 22.7 Å². The van der Waals surface area contributed by atoms with Gasteiger partial charge in [-0.05, 0) is 35.9 Å². The number of rotatable bonds is 4. The first-order chi connectivity index (χ1) is 11.7. The molecular formula is C17H18FN3O3S. The number of anilines is 3. The molecule has 3 rings (SSSR count). The van der Waals surface area contributed by atoms with Crippen molar-refractivity contribution in [1.29, 1.82) is 0 Å². The molecule has 1 aliphatic rings. The number of carbonyl (C=O) groups excluding carboxylic acids is 1. The smallest absolute Gasteiger partial charge is 0.261 e. The van der Waals surface area contributed by atoms with E-state index in [0.717, 1.165) is 6.07 Å². The molecule has 0 fully saturated rings. The maximum absolute atomic E-state index is 13.6. The average molecular weight is 363 g/mol. The SMILES string of the molecule is CN(C)c1ccc(F)cc1NS(=O)(=O)c1ccc2c(c1)CC(=O)N2C. The molecule has 2 aromatic rings. The highest BCUT2D eigenvalue weighted by Gasteiger charge is 2.26.